The Kier molecular flexibility index (Phi) is 6.37. The van der Waals surface area contributed by atoms with Crippen LogP contribution in [0.4, 0.5) is 0 Å². The van der Waals surface area contributed by atoms with Crippen molar-refractivity contribution in [1.29, 1.82) is 5.26 Å². The molecule has 25 heavy (non-hydrogen) atoms. The first-order valence-corrected chi connectivity index (χ1v) is 7.52. The third-order valence-corrected chi connectivity index (χ3v) is 3.12. The minimum atomic E-state index is -0.789. The molecule has 0 bridgehead atoms. The van der Waals surface area contributed by atoms with Gasteiger partial charge in [-0.05, 0) is 31.2 Å². The Labute approximate surface area is 145 Å². The minimum absolute atomic E-state index is 0.298. The van der Waals surface area contributed by atoms with Gasteiger partial charge in [0.2, 0.25) is 0 Å². The lowest BCUT2D eigenvalue weighted by Crippen LogP contribution is -2.48. The number of rotatable bonds is 6. The van der Waals surface area contributed by atoms with E-state index in [0.717, 1.165) is 0 Å². The Balaban J connectivity index is 1.75. The molecule has 0 radical (unpaired) electrons. The van der Waals surface area contributed by atoms with Crippen LogP contribution in [0, 0.1) is 11.3 Å². The third-order valence-electron chi connectivity index (χ3n) is 3.12. The van der Waals surface area contributed by atoms with Crippen molar-refractivity contribution in [2.45, 2.75) is 13.0 Å². The topological polar surface area (TPSA) is 100 Å². The molecule has 0 aliphatic heterocycles. The summed E-state index contributed by atoms with van der Waals surface area (Å²) in [6, 6.07) is 17.4. The first-order valence-electron chi connectivity index (χ1n) is 7.52. The summed E-state index contributed by atoms with van der Waals surface area (Å²) < 4.78 is 10.7. The van der Waals surface area contributed by atoms with Crippen molar-refractivity contribution in [2.24, 2.45) is 0 Å². The fraction of sp³-hybridized carbons (Fsp3) is 0.167. The largest absolute Gasteiger partial charge is 0.482 e. The van der Waals surface area contributed by atoms with Gasteiger partial charge in [0.15, 0.2) is 12.7 Å². The van der Waals surface area contributed by atoms with E-state index in [1.807, 2.05) is 12.1 Å². The van der Waals surface area contributed by atoms with Crippen LogP contribution in [-0.2, 0) is 9.59 Å². The van der Waals surface area contributed by atoms with Crippen LogP contribution in [0.5, 0.6) is 11.5 Å². The van der Waals surface area contributed by atoms with Crippen molar-refractivity contribution in [3.8, 4) is 17.6 Å². The van der Waals surface area contributed by atoms with E-state index in [-0.39, 0.29) is 6.61 Å². The molecule has 2 aromatic rings. The number of amides is 2. The number of nitriles is 1. The van der Waals surface area contributed by atoms with Crippen molar-refractivity contribution in [3.05, 3.63) is 60.2 Å². The monoisotopic (exact) mass is 339 g/mol. The van der Waals surface area contributed by atoms with Crippen LogP contribution in [0.3, 0.4) is 0 Å². The molecule has 2 amide bonds. The Morgan fingerprint density at radius 2 is 1.76 bits per heavy atom. The number of carbonyl (C=O) groups excluding carboxylic acids is 2. The predicted molar refractivity (Wildman–Crippen MR) is 89.5 cm³/mol. The van der Waals surface area contributed by atoms with Crippen LogP contribution in [0.15, 0.2) is 54.6 Å². The molecule has 2 aromatic carbocycles. The highest BCUT2D eigenvalue weighted by Gasteiger charge is 2.15. The van der Waals surface area contributed by atoms with Gasteiger partial charge in [0.05, 0.1) is 5.56 Å². The van der Waals surface area contributed by atoms with Gasteiger partial charge in [-0.1, -0.05) is 30.3 Å². The molecule has 1 atom stereocenters. The molecule has 7 nitrogen and oxygen atoms in total. The number of para-hydroxylation sites is 2. The molecule has 0 saturated carbocycles. The number of nitrogens with zero attached hydrogens (tertiary/aromatic N) is 1. The van der Waals surface area contributed by atoms with Gasteiger partial charge < -0.3 is 9.47 Å². The Morgan fingerprint density at radius 3 is 2.48 bits per heavy atom. The molecule has 2 N–H and O–H groups in total. The summed E-state index contributed by atoms with van der Waals surface area (Å²) in [4.78, 5) is 23.6. The van der Waals surface area contributed by atoms with Gasteiger partial charge in [-0.2, -0.15) is 5.26 Å². The number of hydrazine groups is 1. The maximum Gasteiger partial charge on any atom is 0.279 e. The van der Waals surface area contributed by atoms with E-state index >= 15 is 0 Å². The fourth-order valence-electron chi connectivity index (χ4n) is 1.85. The van der Waals surface area contributed by atoms with E-state index in [1.54, 1.807) is 55.5 Å². The second-order valence-corrected chi connectivity index (χ2v) is 5.01. The molecule has 0 saturated heterocycles. The lowest BCUT2D eigenvalue weighted by molar-refractivity contribution is -0.133. The van der Waals surface area contributed by atoms with E-state index < -0.39 is 17.9 Å². The molecule has 1 unspecified atom stereocenters. The van der Waals surface area contributed by atoms with Crippen molar-refractivity contribution >= 4 is 11.8 Å². The van der Waals surface area contributed by atoms with E-state index in [1.165, 1.54) is 0 Å². The van der Waals surface area contributed by atoms with Gasteiger partial charge in [-0.3, -0.25) is 20.4 Å². The summed E-state index contributed by atoms with van der Waals surface area (Å²) in [7, 11) is 0. The molecule has 7 heteroatoms. The van der Waals surface area contributed by atoms with Crippen LogP contribution in [0.25, 0.3) is 0 Å². The van der Waals surface area contributed by atoms with Crippen molar-refractivity contribution in [2.75, 3.05) is 6.61 Å². The molecule has 0 aromatic heterocycles. The summed E-state index contributed by atoms with van der Waals surface area (Å²) in [5.74, 6) is -0.220. The molecule has 0 heterocycles. The summed E-state index contributed by atoms with van der Waals surface area (Å²) >= 11 is 0. The number of nitrogens with one attached hydrogen (secondary N) is 2. The maximum absolute atomic E-state index is 11.9. The fourth-order valence-corrected chi connectivity index (χ4v) is 1.85. The second-order valence-electron chi connectivity index (χ2n) is 5.01. The number of benzene rings is 2. The van der Waals surface area contributed by atoms with Gasteiger partial charge >= 0.3 is 0 Å². The van der Waals surface area contributed by atoms with E-state index in [2.05, 4.69) is 10.9 Å². The SMILES string of the molecule is CC(Oc1ccccc1)C(=O)NNC(=O)COc1ccccc1C#N. The first-order chi connectivity index (χ1) is 12.1. The molecule has 0 aliphatic carbocycles. The highest BCUT2D eigenvalue weighted by Crippen LogP contribution is 2.16. The van der Waals surface area contributed by atoms with Crippen molar-refractivity contribution in [3.63, 3.8) is 0 Å². The quantitative estimate of drug-likeness (QED) is 0.778. The molecule has 128 valence electrons. The maximum atomic E-state index is 11.9. The normalized spacial score (nSPS) is 10.9. The molecule has 0 fully saturated rings. The smallest absolute Gasteiger partial charge is 0.279 e. The van der Waals surface area contributed by atoms with Crippen LogP contribution < -0.4 is 20.3 Å². The number of hydrogen-bond donors (Lipinski definition) is 2. The highest BCUT2D eigenvalue weighted by atomic mass is 16.5. The standard InChI is InChI=1S/C18H17N3O4/c1-13(25-15-8-3-2-4-9-15)18(23)21-20-17(22)12-24-16-10-6-5-7-14(16)11-19/h2-10,13H,12H2,1H3,(H,20,22)(H,21,23). The van der Waals surface area contributed by atoms with Crippen molar-refractivity contribution in [1.82, 2.24) is 10.9 Å². The van der Waals surface area contributed by atoms with Gasteiger partial charge in [-0.15, -0.1) is 0 Å². The Morgan fingerprint density at radius 1 is 1.08 bits per heavy atom. The second kappa shape index (κ2) is 8.93. The Hall–Kier alpha value is -3.53. The van der Waals surface area contributed by atoms with Crippen LogP contribution in [0.1, 0.15) is 12.5 Å². The van der Waals surface area contributed by atoms with E-state index in [0.29, 0.717) is 17.1 Å². The predicted octanol–water partition coefficient (Wildman–Crippen LogP) is 1.55. The Bertz CT molecular complexity index is 771. The van der Waals surface area contributed by atoms with Gasteiger partial charge in [0.1, 0.15) is 17.6 Å². The lowest BCUT2D eigenvalue weighted by Gasteiger charge is -2.15. The van der Waals surface area contributed by atoms with Gasteiger partial charge in [0, 0.05) is 0 Å². The number of ether oxygens (including phenoxy) is 2. The minimum Gasteiger partial charge on any atom is -0.482 e. The molecule has 2 rings (SSSR count). The zero-order valence-electron chi connectivity index (χ0n) is 13.6. The third kappa shape index (κ3) is 5.55. The highest BCUT2D eigenvalue weighted by molar-refractivity contribution is 5.85. The van der Waals surface area contributed by atoms with Gasteiger partial charge in [0.25, 0.3) is 11.8 Å². The molecule has 0 aliphatic rings. The van der Waals surface area contributed by atoms with Crippen LogP contribution in [0.2, 0.25) is 0 Å². The average molecular weight is 339 g/mol. The number of hydrogen-bond acceptors (Lipinski definition) is 5. The van der Waals surface area contributed by atoms with Crippen molar-refractivity contribution < 1.29 is 19.1 Å². The van der Waals surface area contributed by atoms with Crippen LogP contribution >= 0.6 is 0 Å². The molecule has 0 spiro atoms. The summed E-state index contributed by atoms with van der Waals surface area (Å²) in [6.07, 6.45) is -0.789. The molecular weight excluding hydrogens is 322 g/mol. The summed E-state index contributed by atoms with van der Waals surface area (Å²) in [6.45, 7) is 1.22. The average Bonchev–Trinajstić information content (AvgIpc) is 2.65. The summed E-state index contributed by atoms with van der Waals surface area (Å²) in [5, 5.41) is 8.94. The number of carbonyl (C=O) groups is 2. The molecular formula is C18H17N3O4. The van der Waals surface area contributed by atoms with E-state index in [4.69, 9.17) is 14.7 Å². The zero-order valence-corrected chi connectivity index (χ0v) is 13.6. The zero-order chi connectivity index (χ0) is 18.1. The van der Waals surface area contributed by atoms with Crippen LogP contribution in [-0.4, -0.2) is 24.5 Å². The first kappa shape index (κ1) is 17.8. The van der Waals surface area contributed by atoms with E-state index in [9.17, 15) is 9.59 Å². The summed E-state index contributed by atoms with van der Waals surface area (Å²) in [5.41, 5.74) is 4.81. The van der Waals surface area contributed by atoms with Gasteiger partial charge in [-0.25, -0.2) is 0 Å². The lowest BCUT2D eigenvalue weighted by atomic mass is 10.2.